The quantitative estimate of drug-likeness (QED) is 0.881. The van der Waals surface area contributed by atoms with Crippen molar-refractivity contribution in [3.05, 3.63) is 36.0 Å². The molecule has 0 radical (unpaired) electrons. The molecule has 0 amide bonds. The summed E-state index contributed by atoms with van der Waals surface area (Å²) in [6.07, 6.45) is 2.70. The average molecular weight is 287 g/mol. The summed E-state index contributed by atoms with van der Waals surface area (Å²) in [5.74, 6) is 2.65. The van der Waals surface area contributed by atoms with Crippen molar-refractivity contribution in [1.82, 2.24) is 9.97 Å². The maximum Gasteiger partial charge on any atom is 0.231 e. The van der Waals surface area contributed by atoms with E-state index in [0.29, 0.717) is 18.4 Å². The van der Waals surface area contributed by atoms with Crippen molar-refractivity contribution < 1.29 is 14.2 Å². The molecule has 1 aromatic heterocycles. The van der Waals surface area contributed by atoms with E-state index in [-0.39, 0.29) is 6.79 Å². The number of nitrogens with zero attached hydrogens (tertiary/aromatic N) is 2. The van der Waals surface area contributed by atoms with Gasteiger partial charge in [-0.1, -0.05) is 13.0 Å². The zero-order valence-electron chi connectivity index (χ0n) is 11.8. The number of fused-ring (bicyclic) bond motifs is 1. The monoisotopic (exact) mass is 287 g/mol. The molecule has 0 fully saturated rings. The van der Waals surface area contributed by atoms with Crippen LogP contribution < -0.4 is 19.5 Å². The maximum absolute atomic E-state index is 5.68. The zero-order chi connectivity index (χ0) is 14.5. The summed E-state index contributed by atoms with van der Waals surface area (Å²) in [7, 11) is 0. The minimum atomic E-state index is 0.276. The summed E-state index contributed by atoms with van der Waals surface area (Å²) in [5.41, 5.74) is 1.00. The van der Waals surface area contributed by atoms with Crippen LogP contribution in [-0.2, 0) is 6.61 Å². The first-order valence-electron chi connectivity index (χ1n) is 6.93. The molecule has 0 unspecified atom stereocenters. The largest absolute Gasteiger partial charge is 0.473 e. The molecule has 6 nitrogen and oxygen atoms in total. The summed E-state index contributed by atoms with van der Waals surface area (Å²) >= 11 is 0. The van der Waals surface area contributed by atoms with Gasteiger partial charge in [0, 0.05) is 18.8 Å². The van der Waals surface area contributed by atoms with Crippen molar-refractivity contribution in [2.75, 3.05) is 18.7 Å². The first kappa shape index (κ1) is 13.5. The normalized spacial score (nSPS) is 12.2. The number of anilines is 1. The van der Waals surface area contributed by atoms with Gasteiger partial charge in [-0.3, -0.25) is 0 Å². The summed E-state index contributed by atoms with van der Waals surface area (Å²) in [6, 6.07) is 7.49. The molecule has 21 heavy (non-hydrogen) atoms. The van der Waals surface area contributed by atoms with Crippen LogP contribution in [0, 0.1) is 0 Å². The molecular formula is C15H17N3O3. The van der Waals surface area contributed by atoms with Gasteiger partial charge in [0.05, 0.1) is 0 Å². The van der Waals surface area contributed by atoms with E-state index in [9.17, 15) is 0 Å². The van der Waals surface area contributed by atoms with E-state index in [0.717, 1.165) is 30.0 Å². The van der Waals surface area contributed by atoms with E-state index < -0.39 is 0 Å². The molecule has 1 N–H and O–H groups in total. The van der Waals surface area contributed by atoms with Gasteiger partial charge >= 0.3 is 0 Å². The number of nitrogens with one attached hydrogen (secondary N) is 1. The Morgan fingerprint density at radius 1 is 1.24 bits per heavy atom. The zero-order valence-corrected chi connectivity index (χ0v) is 11.8. The molecule has 1 aromatic carbocycles. The van der Waals surface area contributed by atoms with E-state index in [1.165, 1.54) is 0 Å². The Balaban J connectivity index is 1.62. The molecule has 1 aliphatic rings. The number of hydrogen-bond acceptors (Lipinski definition) is 6. The van der Waals surface area contributed by atoms with E-state index >= 15 is 0 Å². The van der Waals surface area contributed by atoms with Crippen molar-refractivity contribution in [2.24, 2.45) is 0 Å². The van der Waals surface area contributed by atoms with E-state index in [2.05, 4.69) is 22.2 Å². The van der Waals surface area contributed by atoms with Gasteiger partial charge < -0.3 is 19.5 Å². The van der Waals surface area contributed by atoms with Gasteiger partial charge in [-0.25, -0.2) is 4.98 Å². The predicted molar refractivity (Wildman–Crippen MR) is 77.7 cm³/mol. The van der Waals surface area contributed by atoms with Crippen LogP contribution in [0.5, 0.6) is 17.4 Å². The Bertz CT molecular complexity index is 619. The molecule has 0 atom stereocenters. The first-order valence-corrected chi connectivity index (χ1v) is 6.93. The molecule has 6 heteroatoms. The average Bonchev–Trinajstić information content (AvgIpc) is 2.99. The van der Waals surface area contributed by atoms with Crippen molar-refractivity contribution in [3.8, 4) is 17.4 Å². The standard InChI is InChI=1S/C15H17N3O3/c1-2-6-16-15-17-7-5-14(18-15)19-9-11-3-4-12-13(8-11)21-10-20-12/h3-5,7-8H,2,6,9-10H2,1H3,(H,16,17,18). The molecule has 0 saturated carbocycles. The highest BCUT2D eigenvalue weighted by Crippen LogP contribution is 2.32. The Labute approximate surface area is 123 Å². The molecule has 2 heterocycles. The SMILES string of the molecule is CCCNc1nccc(OCc2ccc3c(c2)OCO3)n1. The van der Waals surface area contributed by atoms with E-state index in [1.807, 2.05) is 18.2 Å². The predicted octanol–water partition coefficient (Wildman–Crippen LogP) is 2.61. The third-order valence-electron chi connectivity index (χ3n) is 2.99. The Hall–Kier alpha value is -2.50. The number of rotatable bonds is 6. The van der Waals surface area contributed by atoms with Gasteiger partial charge in [0.2, 0.25) is 18.6 Å². The first-order chi connectivity index (χ1) is 10.3. The highest BCUT2D eigenvalue weighted by Gasteiger charge is 2.13. The highest BCUT2D eigenvalue weighted by molar-refractivity contribution is 5.44. The lowest BCUT2D eigenvalue weighted by Crippen LogP contribution is -2.05. The summed E-state index contributed by atoms with van der Waals surface area (Å²) < 4.78 is 16.3. The van der Waals surface area contributed by atoms with Crippen LogP contribution in [0.3, 0.4) is 0 Å². The van der Waals surface area contributed by atoms with Crippen LogP contribution in [-0.4, -0.2) is 23.3 Å². The molecule has 0 spiro atoms. The van der Waals surface area contributed by atoms with Crippen LogP contribution in [0.2, 0.25) is 0 Å². The van der Waals surface area contributed by atoms with Crippen LogP contribution in [0.15, 0.2) is 30.5 Å². The van der Waals surface area contributed by atoms with Gasteiger partial charge in [0.25, 0.3) is 0 Å². The number of benzene rings is 1. The van der Waals surface area contributed by atoms with E-state index in [1.54, 1.807) is 12.3 Å². The van der Waals surface area contributed by atoms with Gasteiger partial charge in [0.15, 0.2) is 11.5 Å². The molecule has 0 bridgehead atoms. The molecule has 0 saturated heterocycles. The van der Waals surface area contributed by atoms with Crippen LogP contribution in [0.25, 0.3) is 0 Å². The van der Waals surface area contributed by atoms with Crippen LogP contribution in [0.4, 0.5) is 5.95 Å². The molecule has 110 valence electrons. The lowest BCUT2D eigenvalue weighted by Gasteiger charge is -2.08. The maximum atomic E-state index is 5.68. The molecule has 1 aliphatic heterocycles. The fourth-order valence-electron chi connectivity index (χ4n) is 1.93. The Kier molecular flexibility index (Phi) is 4.04. The fraction of sp³-hybridized carbons (Fsp3) is 0.333. The van der Waals surface area contributed by atoms with Crippen molar-refractivity contribution in [3.63, 3.8) is 0 Å². The van der Waals surface area contributed by atoms with Crippen LogP contribution >= 0.6 is 0 Å². The van der Waals surface area contributed by atoms with Crippen molar-refractivity contribution in [1.29, 1.82) is 0 Å². The number of aromatic nitrogens is 2. The number of ether oxygens (including phenoxy) is 3. The third kappa shape index (κ3) is 3.34. The van der Waals surface area contributed by atoms with E-state index in [4.69, 9.17) is 14.2 Å². The van der Waals surface area contributed by atoms with Gasteiger partial charge in [-0.15, -0.1) is 0 Å². The topological polar surface area (TPSA) is 65.5 Å². The summed E-state index contributed by atoms with van der Waals surface area (Å²) in [6.45, 7) is 3.62. The third-order valence-corrected chi connectivity index (χ3v) is 2.99. The molecule has 2 aromatic rings. The van der Waals surface area contributed by atoms with Gasteiger partial charge in [-0.2, -0.15) is 4.98 Å². The summed E-state index contributed by atoms with van der Waals surface area (Å²) in [4.78, 5) is 8.44. The highest BCUT2D eigenvalue weighted by atomic mass is 16.7. The smallest absolute Gasteiger partial charge is 0.231 e. The van der Waals surface area contributed by atoms with Crippen molar-refractivity contribution >= 4 is 5.95 Å². The molecular weight excluding hydrogens is 270 g/mol. The molecule has 3 rings (SSSR count). The molecule has 0 aliphatic carbocycles. The van der Waals surface area contributed by atoms with Gasteiger partial charge in [-0.05, 0) is 24.1 Å². The second kappa shape index (κ2) is 6.30. The second-order valence-electron chi connectivity index (χ2n) is 4.62. The lowest BCUT2D eigenvalue weighted by molar-refractivity contribution is 0.174. The minimum absolute atomic E-state index is 0.276. The summed E-state index contributed by atoms with van der Waals surface area (Å²) in [5, 5.41) is 3.13. The van der Waals surface area contributed by atoms with Crippen LogP contribution in [0.1, 0.15) is 18.9 Å². The Morgan fingerprint density at radius 3 is 3.05 bits per heavy atom. The van der Waals surface area contributed by atoms with Gasteiger partial charge in [0.1, 0.15) is 6.61 Å². The second-order valence-corrected chi connectivity index (χ2v) is 4.62. The Morgan fingerprint density at radius 2 is 2.14 bits per heavy atom. The fourth-order valence-corrected chi connectivity index (χ4v) is 1.93. The minimum Gasteiger partial charge on any atom is -0.473 e. The van der Waals surface area contributed by atoms with Crippen molar-refractivity contribution in [2.45, 2.75) is 20.0 Å². The number of hydrogen-bond donors (Lipinski definition) is 1. The lowest BCUT2D eigenvalue weighted by atomic mass is 10.2.